The highest BCUT2D eigenvalue weighted by Gasteiger charge is 2.07. The molecule has 1 heterocycles. The summed E-state index contributed by atoms with van der Waals surface area (Å²) in [6, 6.07) is 0. The highest BCUT2D eigenvalue weighted by Crippen LogP contribution is 2.22. The second-order valence-electron chi connectivity index (χ2n) is 3.10. The van der Waals surface area contributed by atoms with Crippen molar-refractivity contribution in [1.82, 2.24) is 4.98 Å². The quantitative estimate of drug-likeness (QED) is 0.683. The second kappa shape index (κ2) is 3.61. The summed E-state index contributed by atoms with van der Waals surface area (Å²) in [5.41, 5.74) is 2.97. The lowest BCUT2D eigenvalue weighted by molar-refractivity contribution is 0.726. The van der Waals surface area contributed by atoms with E-state index >= 15 is 0 Å². The lowest BCUT2D eigenvalue weighted by Gasteiger charge is -2.07. The third-order valence-electron chi connectivity index (χ3n) is 2.39. The molecule has 0 radical (unpaired) electrons. The third-order valence-corrected chi connectivity index (χ3v) is 2.39. The molecule has 0 spiro atoms. The fourth-order valence-corrected chi connectivity index (χ4v) is 1.39. The van der Waals surface area contributed by atoms with Gasteiger partial charge in [-0.3, -0.25) is 0 Å². The van der Waals surface area contributed by atoms with Gasteiger partial charge in [0.2, 0.25) is 0 Å². The molecule has 0 saturated carbocycles. The normalized spacial score (nSPS) is 13.4. The Morgan fingerprint density at radius 1 is 1.36 bits per heavy atom. The number of hydrogen-bond donors (Lipinski definition) is 1. The molecule has 0 amide bonds. The van der Waals surface area contributed by atoms with E-state index in [1.807, 2.05) is 0 Å². The molecule has 0 aliphatic heterocycles. The second-order valence-corrected chi connectivity index (χ2v) is 3.10. The van der Waals surface area contributed by atoms with Crippen LogP contribution in [-0.4, -0.2) is 4.98 Å². The first-order chi connectivity index (χ1) is 5.29. The van der Waals surface area contributed by atoms with Crippen molar-refractivity contribution in [3.05, 3.63) is 23.5 Å². The molecule has 0 aliphatic rings. The molecule has 1 aromatic heterocycles. The van der Waals surface area contributed by atoms with Crippen LogP contribution in [0.3, 0.4) is 0 Å². The average molecular weight is 151 g/mol. The van der Waals surface area contributed by atoms with E-state index in [4.69, 9.17) is 0 Å². The van der Waals surface area contributed by atoms with Crippen molar-refractivity contribution in [1.29, 1.82) is 0 Å². The van der Waals surface area contributed by atoms with Crippen molar-refractivity contribution in [2.75, 3.05) is 0 Å². The molecule has 0 bridgehead atoms. The van der Waals surface area contributed by atoms with Crippen LogP contribution < -0.4 is 0 Å². The van der Waals surface area contributed by atoms with Crippen LogP contribution >= 0.6 is 0 Å². The van der Waals surface area contributed by atoms with E-state index < -0.39 is 0 Å². The van der Waals surface area contributed by atoms with E-state index in [2.05, 4.69) is 38.1 Å². The van der Waals surface area contributed by atoms with E-state index in [-0.39, 0.29) is 0 Å². The molecule has 1 nitrogen and oxygen atoms in total. The first-order valence-electron chi connectivity index (χ1n) is 4.45. The smallest absolute Gasteiger partial charge is 0.00429 e. The molecule has 1 unspecified atom stereocenters. The Balaban J connectivity index is 2.83. The van der Waals surface area contributed by atoms with Crippen molar-refractivity contribution in [2.24, 2.45) is 0 Å². The van der Waals surface area contributed by atoms with Crippen LogP contribution in [-0.2, 0) is 6.42 Å². The largest absolute Gasteiger partial charge is 0.367 e. The zero-order valence-corrected chi connectivity index (χ0v) is 7.65. The summed E-state index contributed by atoms with van der Waals surface area (Å²) in [6.45, 7) is 6.72. The summed E-state index contributed by atoms with van der Waals surface area (Å²) in [5, 5.41) is 0. The number of nitrogens with one attached hydrogen (secondary N) is 1. The minimum absolute atomic E-state index is 0.705. The topological polar surface area (TPSA) is 15.8 Å². The van der Waals surface area contributed by atoms with Crippen molar-refractivity contribution >= 4 is 0 Å². The standard InChI is InChI=1S/C10H17N/c1-4-8(3)10-7-11-6-9(10)5-2/h6-8,11H,4-5H2,1-3H3. The number of aromatic nitrogens is 1. The maximum atomic E-state index is 3.16. The van der Waals surface area contributed by atoms with Gasteiger partial charge in [-0.2, -0.15) is 0 Å². The van der Waals surface area contributed by atoms with Crippen LogP contribution in [0.5, 0.6) is 0 Å². The first kappa shape index (κ1) is 8.38. The molecule has 0 aromatic carbocycles. The van der Waals surface area contributed by atoms with Crippen LogP contribution in [0.4, 0.5) is 0 Å². The molecule has 1 heteroatoms. The zero-order chi connectivity index (χ0) is 8.27. The molecule has 1 rings (SSSR count). The van der Waals surface area contributed by atoms with Gasteiger partial charge in [-0.15, -0.1) is 0 Å². The molecule has 0 fully saturated rings. The fourth-order valence-electron chi connectivity index (χ4n) is 1.39. The Labute approximate surface area is 68.8 Å². The maximum absolute atomic E-state index is 3.16. The van der Waals surface area contributed by atoms with Crippen molar-refractivity contribution in [2.45, 2.75) is 39.5 Å². The van der Waals surface area contributed by atoms with Gasteiger partial charge in [-0.05, 0) is 29.9 Å². The van der Waals surface area contributed by atoms with Crippen LogP contribution in [0.25, 0.3) is 0 Å². The molecule has 1 aromatic rings. The lowest BCUT2D eigenvalue weighted by Crippen LogP contribution is -1.92. The predicted octanol–water partition coefficient (Wildman–Crippen LogP) is 3.09. The Morgan fingerprint density at radius 3 is 2.64 bits per heavy atom. The highest BCUT2D eigenvalue weighted by molar-refractivity contribution is 5.26. The van der Waals surface area contributed by atoms with E-state index in [1.54, 1.807) is 0 Å². The minimum atomic E-state index is 0.705. The van der Waals surface area contributed by atoms with Gasteiger partial charge in [0.05, 0.1) is 0 Å². The average Bonchev–Trinajstić information content (AvgIpc) is 2.50. The van der Waals surface area contributed by atoms with E-state index in [0.29, 0.717) is 5.92 Å². The summed E-state index contributed by atoms with van der Waals surface area (Å²) < 4.78 is 0. The molecule has 0 saturated heterocycles. The van der Waals surface area contributed by atoms with Crippen molar-refractivity contribution in [3.63, 3.8) is 0 Å². The maximum Gasteiger partial charge on any atom is 0.00429 e. The minimum Gasteiger partial charge on any atom is -0.367 e. The van der Waals surface area contributed by atoms with Crippen LogP contribution in [0.2, 0.25) is 0 Å². The van der Waals surface area contributed by atoms with Crippen molar-refractivity contribution < 1.29 is 0 Å². The molecule has 1 N–H and O–H groups in total. The van der Waals surface area contributed by atoms with Gasteiger partial charge in [0.15, 0.2) is 0 Å². The summed E-state index contributed by atoms with van der Waals surface area (Å²) in [7, 11) is 0. The number of rotatable bonds is 3. The van der Waals surface area contributed by atoms with Gasteiger partial charge in [-0.1, -0.05) is 20.8 Å². The monoisotopic (exact) mass is 151 g/mol. The van der Waals surface area contributed by atoms with Gasteiger partial charge in [0.25, 0.3) is 0 Å². The van der Waals surface area contributed by atoms with E-state index in [1.165, 1.54) is 17.5 Å². The number of aromatic amines is 1. The van der Waals surface area contributed by atoms with E-state index in [0.717, 1.165) is 6.42 Å². The number of aryl methyl sites for hydroxylation is 1. The molecule has 62 valence electrons. The summed E-state index contributed by atoms with van der Waals surface area (Å²) in [4.78, 5) is 3.16. The van der Waals surface area contributed by atoms with Gasteiger partial charge in [0, 0.05) is 12.4 Å². The first-order valence-corrected chi connectivity index (χ1v) is 4.45. The molecule has 11 heavy (non-hydrogen) atoms. The Bertz CT molecular complexity index is 212. The van der Waals surface area contributed by atoms with Gasteiger partial charge in [0.1, 0.15) is 0 Å². The SMILES string of the molecule is CCc1c[nH]cc1C(C)CC. The Kier molecular flexibility index (Phi) is 2.75. The zero-order valence-electron chi connectivity index (χ0n) is 7.65. The van der Waals surface area contributed by atoms with Gasteiger partial charge >= 0.3 is 0 Å². The third kappa shape index (κ3) is 1.65. The lowest BCUT2D eigenvalue weighted by atomic mass is 9.97. The molecule has 0 aliphatic carbocycles. The number of H-pyrrole nitrogens is 1. The fraction of sp³-hybridized carbons (Fsp3) is 0.600. The molecular formula is C10H17N. The van der Waals surface area contributed by atoms with Crippen LogP contribution in [0.15, 0.2) is 12.4 Å². The van der Waals surface area contributed by atoms with Crippen LogP contribution in [0.1, 0.15) is 44.2 Å². The Hall–Kier alpha value is -0.720. The van der Waals surface area contributed by atoms with Crippen LogP contribution in [0, 0.1) is 0 Å². The highest BCUT2D eigenvalue weighted by atomic mass is 14.6. The van der Waals surface area contributed by atoms with Crippen molar-refractivity contribution in [3.8, 4) is 0 Å². The number of hydrogen-bond acceptors (Lipinski definition) is 0. The summed E-state index contributed by atoms with van der Waals surface area (Å²) in [6.07, 6.45) is 6.61. The Morgan fingerprint density at radius 2 is 2.09 bits per heavy atom. The van der Waals surface area contributed by atoms with E-state index in [9.17, 15) is 0 Å². The summed E-state index contributed by atoms with van der Waals surface area (Å²) in [5.74, 6) is 0.705. The van der Waals surface area contributed by atoms with Gasteiger partial charge in [-0.25, -0.2) is 0 Å². The van der Waals surface area contributed by atoms with Gasteiger partial charge < -0.3 is 4.98 Å². The predicted molar refractivity (Wildman–Crippen MR) is 48.9 cm³/mol. The summed E-state index contributed by atoms with van der Waals surface area (Å²) >= 11 is 0. The molecular weight excluding hydrogens is 134 g/mol. The molecule has 1 atom stereocenters.